The Kier molecular flexibility index (Phi) is 3.89. The summed E-state index contributed by atoms with van der Waals surface area (Å²) in [6.07, 6.45) is 0.193. The van der Waals surface area contributed by atoms with Gasteiger partial charge in [0.05, 0.1) is 5.92 Å². The van der Waals surface area contributed by atoms with E-state index >= 15 is 0 Å². The van der Waals surface area contributed by atoms with Crippen molar-refractivity contribution in [3.05, 3.63) is 23.3 Å². The van der Waals surface area contributed by atoms with E-state index in [1.807, 2.05) is 20.8 Å². The first-order chi connectivity index (χ1) is 8.12. The predicted molar refractivity (Wildman–Crippen MR) is 69.0 cm³/mol. The van der Waals surface area contributed by atoms with Crippen LogP contribution in [-0.4, -0.2) is 21.3 Å². The second kappa shape index (κ2) is 4.88. The highest BCUT2D eigenvalue weighted by Crippen LogP contribution is 2.36. The number of carbonyl (C=O) groups is 1. The Morgan fingerprint density at radius 3 is 2.28 bits per heavy atom. The Morgan fingerprint density at radius 2 is 1.83 bits per heavy atom. The maximum atomic E-state index is 10.8. The van der Waals surface area contributed by atoms with Crippen LogP contribution >= 0.6 is 0 Å². The molecule has 1 atom stereocenters. The van der Waals surface area contributed by atoms with E-state index in [2.05, 4.69) is 0 Å². The summed E-state index contributed by atoms with van der Waals surface area (Å²) < 4.78 is 0. The van der Waals surface area contributed by atoms with Crippen molar-refractivity contribution in [2.24, 2.45) is 5.92 Å². The molecule has 0 heterocycles. The third-order valence-electron chi connectivity index (χ3n) is 2.98. The number of phenolic OH excluding ortho intramolecular Hbond substituents is 2. The van der Waals surface area contributed by atoms with Crippen molar-refractivity contribution in [2.45, 2.75) is 39.5 Å². The van der Waals surface area contributed by atoms with Crippen LogP contribution in [0.15, 0.2) is 12.1 Å². The minimum absolute atomic E-state index is 0.174. The third-order valence-corrected chi connectivity index (χ3v) is 2.98. The maximum Gasteiger partial charge on any atom is 0.306 e. The van der Waals surface area contributed by atoms with Crippen molar-refractivity contribution >= 4 is 5.97 Å². The van der Waals surface area contributed by atoms with E-state index in [4.69, 9.17) is 5.11 Å². The van der Waals surface area contributed by atoms with E-state index in [1.165, 1.54) is 6.07 Å². The summed E-state index contributed by atoms with van der Waals surface area (Å²) in [6.45, 7) is 7.54. The molecule has 0 aliphatic rings. The van der Waals surface area contributed by atoms with Gasteiger partial charge < -0.3 is 15.3 Å². The summed E-state index contributed by atoms with van der Waals surface area (Å²) in [4.78, 5) is 10.8. The molecule has 100 valence electrons. The molecule has 4 heteroatoms. The highest BCUT2D eigenvalue weighted by Gasteiger charge is 2.21. The summed E-state index contributed by atoms with van der Waals surface area (Å²) in [6, 6.07) is 3.28. The van der Waals surface area contributed by atoms with Gasteiger partial charge in [-0.1, -0.05) is 33.8 Å². The number of carboxylic acids is 1. The fraction of sp³-hybridized carbons (Fsp3) is 0.500. The highest BCUT2D eigenvalue weighted by atomic mass is 16.4. The monoisotopic (exact) mass is 252 g/mol. The van der Waals surface area contributed by atoms with Crippen LogP contribution in [-0.2, 0) is 16.6 Å². The Bertz CT molecular complexity index is 458. The minimum Gasteiger partial charge on any atom is -0.504 e. The first-order valence-corrected chi connectivity index (χ1v) is 5.91. The van der Waals surface area contributed by atoms with Gasteiger partial charge in [0.2, 0.25) is 0 Å². The quantitative estimate of drug-likeness (QED) is 0.723. The molecule has 1 aromatic rings. The number of hydrogen-bond donors (Lipinski definition) is 3. The van der Waals surface area contributed by atoms with Crippen molar-refractivity contribution in [1.82, 2.24) is 0 Å². The zero-order valence-corrected chi connectivity index (χ0v) is 11.2. The molecule has 0 aliphatic carbocycles. The molecule has 0 amide bonds. The smallest absolute Gasteiger partial charge is 0.306 e. The van der Waals surface area contributed by atoms with Crippen LogP contribution in [0.3, 0.4) is 0 Å². The van der Waals surface area contributed by atoms with Crippen molar-refractivity contribution < 1.29 is 20.1 Å². The number of aliphatic carboxylic acids is 1. The number of phenols is 2. The van der Waals surface area contributed by atoms with Crippen LogP contribution in [0, 0.1) is 5.92 Å². The number of rotatable bonds is 3. The molecule has 0 saturated carbocycles. The molecule has 0 fully saturated rings. The van der Waals surface area contributed by atoms with Crippen LogP contribution in [0.5, 0.6) is 11.5 Å². The summed E-state index contributed by atoms with van der Waals surface area (Å²) in [5.74, 6) is -1.95. The van der Waals surface area contributed by atoms with E-state index in [1.54, 1.807) is 13.0 Å². The SMILES string of the molecule is CC(Cc1cc(C(C)(C)C)cc(O)c1O)C(=O)O. The summed E-state index contributed by atoms with van der Waals surface area (Å²) >= 11 is 0. The van der Waals surface area contributed by atoms with Gasteiger partial charge in [-0.3, -0.25) is 4.79 Å². The van der Waals surface area contributed by atoms with Gasteiger partial charge in [0.25, 0.3) is 0 Å². The molecule has 18 heavy (non-hydrogen) atoms. The summed E-state index contributed by atoms with van der Waals surface area (Å²) in [5, 5.41) is 28.4. The topological polar surface area (TPSA) is 77.8 Å². The Balaban J connectivity index is 3.19. The Hall–Kier alpha value is -1.71. The fourth-order valence-corrected chi connectivity index (χ4v) is 1.68. The standard InChI is InChI=1S/C14H20O4/c1-8(13(17)18)5-9-6-10(14(2,3)4)7-11(15)12(9)16/h6-8,15-16H,5H2,1-4H3,(H,17,18). The van der Waals surface area contributed by atoms with Gasteiger partial charge >= 0.3 is 5.97 Å². The lowest BCUT2D eigenvalue weighted by Gasteiger charge is -2.21. The fourth-order valence-electron chi connectivity index (χ4n) is 1.68. The lowest BCUT2D eigenvalue weighted by molar-refractivity contribution is -0.141. The zero-order valence-electron chi connectivity index (χ0n) is 11.2. The number of aromatic hydroxyl groups is 2. The predicted octanol–water partition coefficient (Wildman–Crippen LogP) is 2.66. The molecule has 4 nitrogen and oxygen atoms in total. The molecule has 0 bridgehead atoms. The van der Waals surface area contributed by atoms with Crippen molar-refractivity contribution in [3.8, 4) is 11.5 Å². The number of benzene rings is 1. The van der Waals surface area contributed by atoms with E-state index < -0.39 is 11.9 Å². The number of hydrogen-bond acceptors (Lipinski definition) is 3. The zero-order chi connectivity index (χ0) is 14.1. The first kappa shape index (κ1) is 14.4. The second-order valence-electron chi connectivity index (χ2n) is 5.70. The van der Waals surface area contributed by atoms with Gasteiger partial charge in [-0.15, -0.1) is 0 Å². The van der Waals surface area contributed by atoms with Gasteiger partial charge in [-0.2, -0.15) is 0 Å². The number of carboxylic acid groups (broad SMARTS) is 1. The lowest BCUT2D eigenvalue weighted by Crippen LogP contribution is -2.15. The molecule has 1 aromatic carbocycles. The van der Waals surface area contributed by atoms with Crippen molar-refractivity contribution in [2.75, 3.05) is 0 Å². The van der Waals surface area contributed by atoms with E-state index in [9.17, 15) is 15.0 Å². The largest absolute Gasteiger partial charge is 0.504 e. The molecular weight excluding hydrogens is 232 g/mol. The molecule has 1 rings (SSSR count). The van der Waals surface area contributed by atoms with Crippen LogP contribution < -0.4 is 0 Å². The molecule has 3 N–H and O–H groups in total. The summed E-state index contributed by atoms with van der Waals surface area (Å²) in [5.41, 5.74) is 1.16. The third kappa shape index (κ3) is 3.15. The van der Waals surface area contributed by atoms with Gasteiger partial charge in [-0.25, -0.2) is 0 Å². The molecular formula is C14H20O4. The minimum atomic E-state index is -0.921. The lowest BCUT2D eigenvalue weighted by atomic mass is 9.84. The van der Waals surface area contributed by atoms with Crippen LogP contribution in [0.1, 0.15) is 38.8 Å². The molecule has 1 unspecified atom stereocenters. The van der Waals surface area contributed by atoms with Gasteiger partial charge in [0.1, 0.15) is 0 Å². The molecule has 0 spiro atoms. The highest BCUT2D eigenvalue weighted by molar-refractivity contribution is 5.70. The Morgan fingerprint density at radius 1 is 1.28 bits per heavy atom. The van der Waals surface area contributed by atoms with Crippen molar-refractivity contribution in [1.29, 1.82) is 0 Å². The Labute approximate surface area is 107 Å². The van der Waals surface area contributed by atoms with Gasteiger partial charge in [0.15, 0.2) is 11.5 Å². The average molecular weight is 252 g/mol. The van der Waals surface area contributed by atoms with Gasteiger partial charge in [-0.05, 0) is 29.0 Å². The maximum absolute atomic E-state index is 10.8. The molecule has 0 aromatic heterocycles. The van der Waals surface area contributed by atoms with Crippen LogP contribution in [0.25, 0.3) is 0 Å². The van der Waals surface area contributed by atoms with Gasteiger partial charge in [0, 0.05) is 0 Å². The van der Waals surface area contributed by atoms with Crippen molar-refractivity contribution in [3.63, 3.8) is 0 Å². The summed E-state index contributed by atoms with van der Waals surface area (Å²) in [7, 11) is 0. The van der Waals surface area contributed by atoms with E-state index in [0.29, 0.717) is 5.56 Å². The van der Waals surface area contributed by atoms with E-state index in [-0.39, 0.29) is 23.3 Å². The molecule has 0 saturated heterocycles. The van der Waals surface area contributed by atoms with Crippen LogP contribution in [0.2, 0.25) is 0 Å². The first-order valence-electron chi connectivity index (χ1n) is 5.91. The molecule has 0 aliphatic heterocycles. The van der Waals surface area contributed by atoms with E-state index in [0.717, 1.165) is 5.56 Å². The van der Waals surface area contributed by atoms with Crippen LogP contribution in [0.4, 0.5) is 0 Å². The average Bonchev–Trinajstić information content (AvgIpc) is 2.22. The second-order valence-corrected chi connectivity index (χ2v) is 5.70. The normalized spacial score (nSPS) is 13.3. The molecule has 0 radical (unpaired) electrons.